The van der Waals surface area contributed by atoms with Crippen LogP contribution in [0.4, 0.5) is 5.95 Å². The van der Waals surface area contributed by atoms with Crippen molar-refractivity contribution in [1.29, 1.82) is 5.26 Å². The first-order valence-corrected chi connectivity index (χ1v) is 4.10. The highest BCUT2D eigenvalue weighted by atomic mass is 15.1. The maximum atomic E-state index is 8.72. The third-order valence-electron chi connectivity index (χ3n) is 1.92. The van der Waals surface area contributed by atoms with E-state index in [9.17, 15) is 0 Å². The monoisotopic (exact) mass is 184 g/mol. The minimum absolute atomic E-state index is 0.417. The van der Waals surface area contributed by atoms with Gasteiger partial charge in [-0.25, -0.2) is 4.98 Å². The Balaban J connectivity index is 2.53. The predicted octanol–water partition coefficient (Wildman–Crippen LogP) is 1.33. The number of nitrogens with two attached hydrogens (primary N) is 1. The molecule has 0 fully saturated rings. The third kappa shape index (κ3) is 1.31. The van der Waals surface area contributed by atoms with Gasteiger partial charge in [-0.1, -0.05) is 6.07 Å². The number of imidazole rings is 1. The van der Waals surface area contributed by atoms with Crippen molar-refractivity contribution < 1.29 is 0 Å². The Morgan fingerprint density at radius 2 is 2.29 bits per heavy atom. The van der Waals surface area contributed by atoms with E-state index in [1.807, 2.05) is 12.1 Å². The fourth-order valence-electron chi connectivity index (χ4n) is 1.26. The van der Waals surface area contributed by atoms with Gasteiger partial charge in [-0.3, -0.25) is 4.57 Å². The van der Waals surface area contributed by atoms with Crippen LogP contribution < -0.4 is 5.73 Å². The fourth-order valence-corrected chi connectivity index (χ4v) is 1.26. The molecule has 0 spiro atoms. The van der Waals surface area contributed by atoms with E-state index >= 15 is 0 Å². The van der Waals surface area contributed by atoms with Crippen molar-refractivity contribution >= 4 is 5.95 Å². The van der Waals surface area contributed by atoms with Crippen molar-refractivity contribution in [2.24, 2.45) is 0 Å². The molecule has 1 aromatic heterocycles. The van der Waals surface area contributed by atoms with Crippen LogP contribution in [0.25, 0.3) is 5.69 Å². The quantitative estimate of drug-likeness (QED) is 0.726. The van der Waals surface area contributed by atoms with E-state index in [2.05, 4.69) is 11.1 Å². The van der Waals surface area contributed by atoms with Gasteiger partial charge in [-0.05, 0) is 18.2 Å². The number of rotatable bonds is 1. The minimum Gasteiger partial charge on any atom is -0.369 e. The normalized spacial score (nSPS) is 9.64. The summed E-state index contributed by atoms with van der Waals surface area (Å²) in [6, 6.07) is 9.27. The van der Waals surface area contributed by atoms with Gasteiger partial charge >= 0.3 is 0 Å². The first-order valence-electron chi connectivity index (χ1n) is 4.10. The zero-order chi connectivity index (χ0) is 9.97. The molecule has 1 heterocycles. The molecular weight excluding hydrogens is 176 g/mol. The van der Waals surface area contributed by atoms with Crippen molar-refractivity contribution in [2.45, 2.75) is 0 Å². The van der Waals surface area contributed by atoms with E-state index < -0.39 is 0 Å². The highest BCUT2D eigenvalue weighted by Gasteiger charge is 2.00. The first-order chi connectivity index (χ1) is 6.81. The van der Waals surface area contributed by atoms with Crippen LogP contribution >= 0.6 is 0 Å². The topological polar surface area (TPSA) is 67.6 Å². The van der Waals surface area contributed by atoms with E-state index in [0.29, 0.717) is 11.5 Å². The lowest BCUT2D eigenvalue weighted by Crippen LogP contribution is -1.99. The smallest absolute Gasteiger partial charge is 0.204 e. The Bertz CT molecular complexity index is 493. The number of hydrogen-bond acceptors (Lipinski definition) is 3. The van der Waals surface area contributed by atoms with Crippen LogP contribution in [0.3, 0.4) is 0 Å². The zero-order valence-electron chi connectivity index (χ0n) is 7.38. The number of anilines is 1. The van der Waals surface area contributed by atoms with Crippen LogP contribution in [0, 0.1) is 11.3 Å². The number of nitrogens with zero attached hydrogens (tertiary/aromatic N) is 3. The van der Waals surface area contributed by atoms with Gasteiger partial charge in [0.15, 0.2) is 0 Å². The van der Waals surface area contributed by atoms with Crippen LogP contribution in [-0.4, -0.2) is 9.55 Å². The van der Waals surface area contributed by atoms with Gasteiger partial charge in [0, 0.05) is 18.1 Å². The summed E-state index contributed by atoms with van der Waals surface area (Å²) in [5.41, 5.74) is 7.09. The molecule has 0 amide bonds. The number of benzene rings is 1. The number of aromatic nitrogens is 2. The molecule has 0 atom stereocenters. The maximum absolute atomic E-state index is 8.72. The summed E-state index contributed by atoms with van der Waals surface area (Å²) < 4.78 is 1.72. The molecule has 0 aliphatic carbocycles. The van der Waals surface area contributed by atoms with E-state index in [1.54, 1.807) is 29.1 Å². The van der Waals surface area contributed by atoms with Gasteiger partial charge in [-0.2, -0.15) is 5.26 Å². The predicted molar refractivity (Wildman–Crippen MR) is 52.7 cm³/mol. The first kappa shape index (κ1) is 8.32. The van der Waals surface area contributed by atoms with Gasteiger partial charge in [-0.15, -0.1) is 0 Å². The lowest BCUT2D eigenvalue weighted by molar-refractivity contribution is 1.07. The summed E-state index contributed by atoms with van der Waals surface area (Å²) in [6.07, 6.45) is 3.38. The highest BCUT2D eigenvalue weighted by molar-refractivity contribution is 5.44. The standard InChI is InChI=1S/C10H8N4/c11-7-8-2-1-3-9(6-8)14-5-4-13-10(14)12/h1-6H,(H2,12,13). The Morgan fingerprint density at radius 1 is 1.43 bits per heavy atom. The molecule has 1 aromatic carbocycles. The van der Waals surface area contributed by atoms with Gasteiger partial charge in [0.05, 0.1) is 11.6 Å². The van der Waals surface area contributed by atoms with Crippen LogP contribution in [-0.2, 0) is 0 Å². The molecule has 4 nitrogen and oxygen atoms in total. The van der Waals surface area contributed by atoms with Gasteiger partial charge < -0.3 is 5.73 Å². The molecule has 0 aliphatic rings. The molecule has 2 aromatic rings. The second-order valence-corrected chi connectivity index (χ2v) is 2.82. The number of hydrogen-bond donors (Lipinski definition) is 1. The molecule has 2 N–H and O–H groups in total. The Kier molecular flexibility index (Phi) is 1.92. The van der Waals surface area contributed by atoms with Gasteiger partial charge in [0.2, 0.25) is 5.95 Å². The maximum Gasteiger partial charge on any atom is 0.204 e. The van der Waals surface area contributed by atoms with Crippen molar-refractivity contribution in [3.8, 4) is 11.8 Å². The Hall–Kier alpha value is -2.28. The molecule has 14 heavy (non-hydrogen) atoms. The molecule has 2 rings (SSSR count). The van der Waals surface area contributed by atoms with Crippen LogP contribution in [0.5, 0.6) is 0 Å². The molecule has 0 aliphatic heterocycles. The van der Waals surface area contributed by atoms with Crippen LogP contribution in [0.15, 0.2) is 36.7 Å². The van der Waals surface area contributed by atoms with E-state index in [4.69, 9.17) is 11.0 Å². The molecule has 0 unspecified atom stereocenters. The second-order valence-electron chi connectivity index (χ2n) is 2.82. The summed E-state index contributed by atoms with van der Waals surface area (Å²) in [5.74, 6) is 0.417. The molecule has 0 bridgehead atoms. The minimum atomic E-state index is 0.417. The summed E-state index contributed by atoms with van der Waals surface area (Å²) in [5, 5.41) is 8.72. The Labute approximate surface area is 81.2 Å². The summed E-state index contributed by atoms with van der Waals surface area (Å²) >= 11 is 0. The largest absolute Gasteiger partial charge is 0.369 e. The lowest BCUT2D eigenvalue weighted by atomic mass is 10.2. The van der Waals surface area contributed by atoms with Crippen LogP contribution in [0.2, 0.25) is 0 Å². The van der Waals surface area contributed by atoms with Crippen molar-refractivity contribution in [2.75, 3.05) is 5.73 Å². The third-order valence-corrected chi connectivity index (χ3v) is 1.92. The van der Waals surface area contributed by atoms with Crippen LogP contribution in [0.1, 0.15) is 5.56 Å². The van der Waals surface area contributed by atoms with Crippen molar-refractivity contribution in [3.05, 3.63) is 42.2 Å². The Morgan fingerprint density at radius 3 is 2.93 bits per heavy atom. The summed E-state index contributed by atoms with van der Waals surface area (Å²) in [4.78, 5) is 3.91. The molecular formula is C10H8N4. The fraction of sp³-hybridized carbons (Fsp3) is 0. The van der Waals surface area contributed by atoms with Gasteiger partial charge in [0.1, 0.15) is 0 Å². The van der Waals surface area contributed by atoms with Gasteiger partial charge in [0.25, 0.3) is 0 Å². The molecule has 68 valence electrons. The SMILES string of the molecule is N#Cc1cccc(-n2ccnc2N)c1. The van der Waals surface area contributed by atoms with E-state index in [-0.39, 0.29) is 0 Å². The number of nitrogen functional groups attached to an aromatic ring is 1. The molecule has 0 radical (unpaired) electrons. The molecule has 0 saturated heterocycles. The van der Waals surface area contributed by atoms with Crippen molar-refractivity contribution in [1.82, 2.24) is 9.55 Å². The van der Waals surface area contributed by atoms with Crippen molar-refractivity contribution in [3.63, 3.8) is 0 Å². The highest BCUT2D eigenvalue weighted by Crippen LogP contribution is 2.13. The molecule has 0 saturated carbocycles. The van der Waals surface area contributed by atoms with E-state index in [1.165, 1.54) is 0 Å². The summed E-state index contributed by atoms with van der Waals surface area (Å²) in [6.45, 7) is 0. The zero-order valence-corrected chi connectivity index (χ0v) is 7.38. The second kappa shape index (κ2) is 3.23. The average Bonchev–Trinajstić information content (AvgIpc) is 2.65. The average molecular weight is 184 g/mol. The summed E-state index contributed by atoms with van der Waals surface area (Å²) in [7, 11) is 0. The molecule has 4 heteroatoms. The lowest BCUT2D eigenvalue weighted by Gasteiger charge is -2.03. The van der Waals surface area contributed by atoms with E-state index in [0.717, 1.165) is 5.69 Å². The number of nitriles is 1.